The Morgan fingerprint density at radius 2 is 1.82 bits per heavy atom. The zero-order chi connectivity index (χ0) is 27.6. The molecule has 0 spiro atoms. The minimum Gasteiger partial charge on any atom is -0.478 e. The van der Waals surface area contributed by atoms with Crippen LogP contribution in [0.3, 0.4) is 0 Å². The Morgan fingerprint density at radius 3 is 2.47 bits per heavy atom. The van der Waals surface area contributed by atoms with Gasteiger partial charge in [0.2, 0.25) is 0 Å². The Morgan fingerprint density at radius 1 is 1.11 bits per heavy atom. The van der Waals surface area contributed by atoms with Gasteiger partial charge in [-0.05, 0) is 38.3 Å². The van der Waals surface area contributed by atoms with Crippen molar-refractivity contribution in [3.05, 3.63) is 97.9 Å². The fourth-order valence-electron chi connectivity index (χ4n) is 5.50. The lowest BCUT2D eigenvalue weighted by Gasteiger charge is -2.37. The van der Waals surface area contributed by atoms with Gasteiger partial charge in [-0.1, -0.05) is 48.9 Å². The molecule has 1 saturated heterocycles. The topological polar surface area (TPSA) is 122 Å². The van der Waals surface area contributed by atoms with Crippen molar-refractivity contribution in [3.8, 4) is 0 Å². The second-order valence-corrected chi connectivity index (χ2v) is 10.2. The van der Waals surface area contributed by atoms with Gasteiger partial charge in [-0.3, -0.25) is 15.0 Å². The van der Waals surface area contributed by atoms with Gasteiger partial charge in [-0.2, -0.15) is 0 Å². The van der Waals surface area contributed by atoms with Gasteiger partial charge in [-0.25, -0.2) is 9.59 Å². The summed E-state index contributed by atoms with van der Waals surface area (Å²) < 4.78 is 6.01. The smallest absolute Gasteiger partial charge is 0.337 e. The van der Waals surface area contributed by atoms with Crippen molar-refractivity contribution in [1.29, 1.82) is 0 Å². The lowest BCUT2D eigenvalue weighted by molar-refractivity contribution is -0.384. The Kier molecular flexibility index (Phi) is 7.97. The summed E-state index contributed by atoms with van der Waals surface area (Å²) in [7, 11) is 0. The van der Waals surface area contributed by atoms with Crippen molar-refractivity contribution in [2.45, 2.75) is 52.7 Å². The lowest BCUT2D eigenvalue weighted by Crippen LogP contribution is -2.44. The average molecular weight is 520 g/mol. The summed E-state index contributed by atoms with van der Waals surface area (Å²) in [4.78, 5) is 39.1. The average Bonchev–Trinajstić information content (AvgIpc) is 2.85. The Hall–Kier alpha value is -3.98. The number of carboxylic acid groups (broad SMARTS) is 1. The third-order valence-electron chi connectivity index (χ3n) is 7.28. The Bertz CT molecular complexity index is 1330. The fourth-order valence-corrected chi connectivity index (χ4v) is 5.50. The molecule has 0 radical (unpaired) electrons. The molecule has 9 nitrogen and oxygen atoms in total. The first-order valence-electron chi connectivity index (χ1n) is 12.7. The van der Waals surface area contributed by atoms with Crippen LogP contribution in [-0.2, 0) is 20.9 Å². The molecular weight excluding hydrogens is 486 g/mol. The van der Waals surface area contributed by atoms with Gasteiger partial charge in [-0.15, -0.1) is 0 Å². The second-order valence-electron chi connectivity index (χ2n) is 10.2. The highest BCUT2D eigenvalue weighted by atomic mass is 16.6. The number of nitro groups is 1. The fraction of sp³-hybridized carbons (Fsp3) is 0.379. The summed E-state index contributed by atoms with van der Waals surface area (Å²) >= 11 is 0. The predicted molar refractivity (Wildman–Crippen MR) is 142 cm³/mol. The first-order chi connectivity index (χ1) is 18.0. The van der Waals surface area contributed by atoms with E-state index in [9.17, 15) is 24.8 Å². The number of carboxylic acids is 1. The highest BCUT2D eigenvalue weighted by Gasteiger charge is 2.39. The number of nitro benzene ring substituents is 1. The van der Waals surface area contributed by atoms with Crippen molar-refractivity contribution >= 4 is 17.6 Å². The molecule has 0 aliphatic carbocycles. The number of dihydropyridines is 1. The van der Waals surface area contributed by atoms with Gasteiger partial charge in [0.1, 0.15) is 6.10 Å². The molecule has 9 heteroatoms. The number of allylic oxidation sites excluding steroid dienone is 2. The number of piperidine rings is 1. The molecular formula is C29H33N3O6. The van der Waals surface area contributed by atoms with Crippen molar-refractivity contribution < 1.29 is 24.4 Å². The van der Waals surface area contributed by atoms with E-state index in [1.54, 1.807) is 19.9 Å². The molecule has 2 N–H and O–H groups in total. The zero-order valence-electron chi connectivity index (χ0n) is 22.1. The molecule has 2 heterocycles. The SMILES string of the molecule is CC1=C(C(=O)O)C(c2cccc([N+](=O)[O-])c2)C(C(=O)OC2CCN(Cc3cccc(C)c3)CC2C)=C(C)N1. The molecule has 0 bridgehead atoms. The van der Waals surface area contributed by atoms with E-state index in [1.807, 2.05) is 6.92 Å². The van der Waals surface area contributed by atoms with E-state index in [2.05, 4.69) is 41.4 Å². The first kappa shape index (κ1) is 27.1. The maximum absolute atomic E-state index is 13.6. The van der Waals surface area contributed by atoms with Crippen LogP contribution < -0.4 is 5.32 Å². The van der Waals surface area contributed by atoms with Crippen molar-refractivity contribution in [2.75, 3.05) is 13.1 Å². The molecule has 2 aliphatic rings. The van der Waals surface area contributed by atoms with E-state index in [4.69, 9.17) is 4.74 Å². The number of likely N-dealkylation sites (tertiary alicyclic amines) is 1. The summed E-state index contributed by atoms with van der Waals surface area (Å²) in [6, 6.07) is 14.2. The first-order valence-corrected chi connectivity index (χ1v) is 12.7. The minimum absolute atomic E-state index is 0.0379. The van der Waals surface area contributed by atoms with Crippen LogP contribution in [0, 0.1) is 23.0 Å². The summed E-state index contributed by atoms with van der Waals surface area (Å²) in [5, 5.41) is 24.4. The van der Waals surface area contributed by atoms with E-state index in [0.717, 1.165) is 19.6 Å². The number of non-ortho nitro benzene ring substituents is 1. The number of benzene rings is 2. The number of ether oxygens (including phenoxy) is 1. The minimum atomic E-state index is -1.21. The maximum atomic E-state index is 13.6. The van der Waals surface area contributed by atoms with Gasteiger partial charge in [0, 0.05) is 49.1 Å². The molecule has 2 aliphatic heterocycles. The quantitative estimate of drug-likeness (QED) is 0.307. The van der Waals surface area contributed by atoms with Crippen LogP contribution in [0.4, 0.5) is 5.69 Å². The van der Waals surface area contributed by atoms with E-state index in [1.165, 1.54) is 29.3 Å². The van der Waals surface area contributed by atoms with Crippen LogP contribution in [0.2, 0.25) is 0 Å². The molecule has 200 valence electrons. The van der Waals surface area contributed by atoms with Gasteiger partial charge in [0.25, 0.3) is 5.69 Å². The molecule has 2 aromatic carbocycles. The van der Waals surface area contributed by atoms with Crippen LogP contribution in [0.5, 0.6) is 0 Å². The van der Waals surface area contributed by atoms with Gasteiger partial charge >= 0.3 is 11.9 Å². The van der Waals surface area contributed by atoms with Crippen molar-refractivity contribution in [1.82, 2.24) is 10.2 Å². The Labute approximate surface area is 221 Å². The van der Waals surface area contributed by atoms with E-state index in [-0.39, 0.29) is 28.9 Å². The summed E-state index contributed by atoms with van der Waals surface area (Å²) in [5.74, 6) is -2.75. The predicted octanol–water partition coefficient (Wildman–Crippen LogP) is 4.68. The molecule has 3 unspecified atom stereocenters. The molecule has 0 saturated carbocycles. The number of aliphatic carboxylic acids is 1. The zero-order valence-corrected chi connectivity index (χ0v) is 22.1. The Balaban J connectivity index is 1.55. The largest absolute Gasteiger partial charge is 0.478 e. The van der Waals surface area contributed by atoms with E-state index in [0.29, 0.717) is 23.4 Å². The maximum Gasteiger partial charge on any atom is 0.337 e. The number of aryl methyl sites for hydroxylation is 1. The van der Waals surface area contributed by atoms with Gasteiger partial charge in [0.05, 0.1) is 22.0 Å². The monoisotopic (exact) mass is 519 g/mol. The molecule has 3 atom stereocenters. The van der Waals surface area contributed by atoms with Crippen molar-refractivity contribution in [2.24, 2.45) is 5.92 Å². The van der Waals surface area contributed by atoms with Crippen LogP contribution in [-0.4, -0.2) is 46.1 Å². The summed E-state index contributed by atoms with van der Waals surface area (Å²) in [5.41, 5.74) is 3.59. The van der Waals surface area contributed by atoms with Gasteiger partial charge in [0.15, 0.2) is 0 Å². The van der Waals surface area contributed by atoms with Crippen molar-refractivity contribution in [3.63, 3.8) is 0 Å². The molecule has 4 rings (SSSR count). The number of rotatable bonds is 7. The van der Waals surface area contributed by atoms with Crippen LogP contribution >= 0.6 is 0 Å². The number of nitrogens with one attached hydrogen (secondary N) is 1. The van der Waals surface area contributed by atoms with Crippen LogP contribution in [0.1, 0.15) is 49.8 Å². The lowest BCUT2D eigenvalue weighted by atomic mass is 9.80. The number of hydrogen-bond acceptors (Lipinski definition) is 7. The van der Waals surface area contributed by atoms with Crippen LogP contribution in [0.15, 0.2) is 71.1 Å². The molecule has 2 aromatic rings. The third-order valence-corrected chi connectivity index (χ3v) is 7.28. The van der Waals surface area contributed by atoms with E-state index < -0.39 is 22.8 Å². The summed E-state index contributed by atoms with van der Waals surface area (Å²) in [6.07, 6.45) is 0.322. The number of nitrogens with zero attached hydrogens (tertiary/aromatic N) is 2. The normalized spacial score (nSPS) is 22.2. The number of carbonyl (C=O) groups is 2. The molecule has 0 amide bonds. The highest BCUT2D eigenvalue weighted by molar-refractivity contribution is 5.99. The number of carbonyl (C=O) groups excluding carboxylic acids is 1. The summed E-state index contributed by atoms with van der Waals surface area (Å²) in [6.45, 7) is 9.77. The standard InChI is InChI=1S/C29H33N3O6/c1-17-7-5-8-21(13-17)16-31-12-11-24(18(2)15-31)38-29(35)26-20(4)30-19(3)25(28(33)34)27(26)22-9-6-10-23(14-22)32(36)37/h5-10,13-14,18,24,27,30H,11-12,15-16H2,1-4H3,(H,33,34). The highest BCUT2D eigenvalue weighted by Crippen LogP contribution is 2.40. The number of esters is 1. The van der Waals surface area contributed by atoms with Gasteiger partial charge < -0.3 is 15.2 Å². The molecule has 1 fully saturated rings. The van der Waals surface area contributed by atoms with E-state index >= 15 is 0 Å². The second kappa shape index (κ2) is 11.2. The van der Waals surface area contributed by atoms with Crippen LogP contribution in [0.25, 0.3) is 0 Å². The number of hydrogen-bond donors (Lipinski definition) is 2. The molecule has 38 heavy (non-hydrogen) atoms. The molecule has 0 aromatic heterocycles. The third kappa shape index (κ3) is 5.78.